The third kappa shape index (κ3) is 3.38. The second-order valence-electron chi connectivity index (χ2n) is 4.28. The lowest BCUT2D eigenvalue weighted by molar-refractivity contribution is 0.604. The molecule has 0 amide bonds. The Hall–Kier alpha value is -0.220. The number of hydrogen-bond acceptors (Lipinski definition) is 3. The molecule has 2 rings (SSSR count). The molecule has 1 heterocycles. The summed E-state index contributed by atoms with van der Waals surface area (Å²) in [6.07, 6.45) is 5.22. The zero-order valence-electron chi connectivity index (χ0n) is 9.07. The molecule has 0 aliphatic heterocycles. The van der Waals surface area contributed by atoms with Crippen LogP contribution in [0, 0.1) is 12.8 Å². The van der Waals surface area contributed by atoms with Gasteiger partial charge in [-0.2, -0.15) is 0 Å². The zero-order chi connectivity index (χ0) is 10.7. The average molecular weight is 243 g/mol. The van der Waals surface area contributed by atoms with Gasteiger partial charge < -0.3 is 0 Å². The summed E-state index contributed by atoms with van der Waals surface area (Å²) in [5.41, 5.74) is 1.05. The molecule has 1 aromatic heterocycles. The van der Waals surface area contributed by atoms with Gasteiger partial charge >= 0.3 is 0 Å². The molecule has 1 saturated carbocycles. The fourth-order valence-corrected chi connectivity index (χ4v) is 4.65. The van der Waals surface area contributed by atoms with Crippen LogP contribution in [0.3, 0.4) is 0 Å². The lowest BCUT2D eigenvalue weighted by Gasteiger charge is -2.06. The van der Waals surface area contributed by atoms with Crippen molar-refractivity contribution in [2.24, 2.45) is 5.92 Å². The van der Waals surface area contributed by atoms with Gasteiger partial charge in [-0.15, -0.1) is 11.3 Å². The van der Waals surface area contributed by atoms with Gasteiger partial charge in [-0.05, 0) is 25.7 Å². The average Bonchev–Trinajstić information content (AvgIpc) is 2.77. The maximum Gasteiger partial charge on any atom is 0.105 e. The Kier molecular flexibility index (Phi) is 3.92. The number of nitrogens with zero attached hydrogens (tertiary/aromatic N) is 1. The van der Waals surface area contributed by atoms with Crippen LogP contribution in [0.2, 0.25) is 0 Å². The van der Waals surface area contributed by atoms with Crippen LogP contribution in [0.25, 0.3) is 0 Å². The molecule has 1 aromatic rings. The van der Waals surface area contributed by atoms with Crippen molar-refractivity contribution in [1.29, 1.82) is 0 Å². The van der Waals surface area contributed by atoms with Crippen LogP contribution in [0.4, 0.5) is 0 Å². The van der Waals surface area contributed by atoms with Crippen molar-refractivity contribution in [3.05, 3.63) is 16.1 Å². The zero-order valence-corrected chi connectivity index (χ0v) is 10.7. The van der Waals surface area contributed by atoms with Crippen LogP contribution in [-0.4, -0.2) is 14.9 Å². The number of rotatable bonds is 4. The van der Waals surface area contributed by atoms with E-state index in [1.807, 2.05) is 12.3 Å². The molecule has 1 aliphatic carbocycles. The van der Waals surface area contributed by atoms with E-state index < -0.39 is 10.8 Å². The first-order valence-electron chi connectivity index (χ1n) is 5.50. The molecule has 84 valence electrons. The Bertz CT molecular complexity index is 342. The summed E-state index contributed by atoms with van der Waals surface area (Å²) >= 11 is 1.63. The molecule has 1 aliphatic rings. The predicted molar refractivity (Wildman–Crippen MR) is 65.5 cm³/mol. The van der Waals surface area contributed by atoms with Gasteiger partial charge in [0.1, 0.15) is 5.01 Å². The van der Waals surface area contributed by atoms with Gasteiger partial charge in [0.15, 0.2) is 0 Å². The fourth-order valence-electron chi connectivity index (χ4n) is 2.11. The Labute approximate surface area is 97.6 Å². The summed E-state index contributed by atoms with van der Waals surface area (Å²) in [6.45, 7) is 1.99. The summed E-state index contributed by atoms with van der Waals surface area (Å²) < 4.78 is 11.9. The minimum Gasteiger partial charge on any atom is -0.259 e. The molecule has 0 radical (unpaired) electrons. The first kappa shape index (κ1) is 11.3. The molecule has 0 N–H and O–H groups in total. The van der Waals surface area contributed by atoms with Gasteiger partial charge in [0, 0.05) is 27.6 Å². The van der Waals surface area contributed by atoms with Crippen LogP contribution in [0.15, 0.2) is 5.38 Å². The van der Waals surface area contributed by atoms with E-state index in [1.54, 1.807) is 11.3 Å². The second-order valence-corrected chi connectivity index (χ2v) is 6.73. The molecular weight excluding hydrogens is 226 g/mol. The van der Waals surface area contributed by atoms with Crippen molar-refractivity contribution in [3.8, 4) is 0 Å². The monoisotopic (exact) mass is 243 g/mol. The number of aryl methyl sites for hydroxylation is 1. The number of hydrogen-bond donors (Lipinski definition) is 0. The van der Waals surface area contributed by atoms with Crippen molar-refractivity contribution < 1.29 is 4.21 Å². The van der Waals surface area contributed by atoms with Gasteiger partial charge in [0.05, 0.1) is 5.75 Å². The molecule has 0 saturated heterocycles. The molecular formula is C11H17NOS2. The van der Waals surface area contributed by atoms with Crippen molar-refractivity contribution >= 4 is 22.1 Å². The molecule has 1 atom stereocenters. The molecule has 2 nitrogen and oxygen atoms in total. The van der Waals surface area contributed by atoms with E-state index in [-0.39, 0.29) is 0 Å². The van der Waals surface area contributed by atoms with Crippen LogP contribution in [-0.2, 0) is 16.6 Å². The summed E-state index contributed by atoms with van der Waals surface area (Å²) in [4.78, 5) is 4.35. The smallest absolute Gasteiger partial charge is 0.105 e. The molecule has 15 heavy (non-hydrogen) atoms. The summed E-state index contributed by atoms with van der Waals surface area (Å²) in [7, 11) is -0.700. The summed E-state index contributed by atoms with van der Waals surface area (Å²) in [6, 6.07) is 0. The van der Waals surface area contributed by atoms with E-state index in [9.17, 15) is 4.21 Å². The molecule has 0 bridgehead atoms. The Balaban J connectivity index is 1.81. The number of thiazole rings is 1. The quantitative estimate of drug-likeness (QED) is 0.814. The van der Waals surface area contributed by atoms with Crippen LogP contribution in [0.1, 0.15) is 36.4 Å². The van der Waals surface area contributed by atoms with E-state index in [0.717, 1.165) is 16.5 Å². The highest BCUT2D eigenvalue weighted by Crippen LogP contribution is 2.26. The second kappa shape index (κ2) is 5.21. The van der Waals surface area contributed by atoms with E-state index >= 15 is 0 Å². The van der Waals surface area contributed by atoms with Crippen molar-refractivity contribution in [1.82, 2.24) is 4.98 Å². The van der Waals surface area contributed by atoms with Gasteiger partial charge in [0.2, 0.25) is 0 Å². The third-order valence-electron chi connectivity index (χ3n) is 2.85. The highest BCUT2D eigenvalue weighted by molar-refractivity contribution is 7.84. The molecule has 0 aromatic carbocycles. The minimum atomic E-state index is -0.700. The van der Waals surface area contributed by atoms with Crippen molar-refractivity contribution in [2.75, 3.05) is 5.75 Å². The largest absolute Gasteiger partial charge is 0.259 e. The maximum atomic E-state index is 11.9. The lowest BCUT2D eigenvalue weighted by atomic mass is 10.1. The summed E-state index contributed by atoms with van der Waals surface area (Å²) in [5.74, 6) is 2.26. The Morgan fingerprint density at radius 2 is 2.27 bits per heavy atom. The van der Waals surface area contributed by atoms with E-state index in [0.29, 0.717) is 11.7 Å². The maximum absolute atomic E-state index is 11.9. The third-order valence-corrected chi connectivity index (χ3v) is 5.44. The van der Waals surface area contributed by atoms with Gasteiger partial charge in [-0.25, -0.2) is 4.98 Å². The van der Waals surface area contributed by atoms with Gasteiger partial charge in [0.25, 0.3) is 0 Å². The predicted octanol–water partition coefficient (Wildman–Crippen LogP) is 2.89. The topological polar surface area (TPSA) is 30.0 Å². The number of aromatic nitrogens is 1. The van der Waals surface area contributed by atoms with E-state index in [1.165, 1.54) is 25.7 Å². The lowest BCUT2D eigenvalue weighted by Crippen LogP contribution is -2.09. The van der Waals surface area contributed by atoms with E-state index in [2.05, 4.69) is 4.98 Å². The van der Waals surface area contributed by atoms with Gasteiger partial charge in [-0.3, -0.25) is 4.21 Å². The molecule has 1 fully saturated rings. The molecule has 1 unspecified atom stereocenters. The first-order valence-corrected chi connectivity index (χ1v) is 7.87. The fraction of sp³-hybridized carbons (Fsp3) is 0.727. The summed E-state index contributed by atoms with van der Waals surface area (Å²) in [5, 5.41) is 3.06. The normalized spacial score (nSPS) is 19.5. The highest BCUT2D eigenvalue weighted by atomic mass is 32.2. The van der Waals surface area contributed by atoms with Crippen LogP contribution in [0.5, 0.6) is 0 Å². The Morgan fingerprint density at radius 3 is 2.87 bits per heavy atom. The molecule has 4 heteroatoms. The highest BCUT2D eigenvalue weighted by Gasteiger charge is 2.18. The standard InChI is InChI=1S/C11H17NOS2/c1-9-6-14-11(12-9)8-15(13)7-10-4-2-3-5-10/h6,10H,2-5,7-8H2,1H3. The van der Waals surface area contributed by atoms with Gasteiger partial charge in [-0.1, -0.05) is 12.8 Å². The van der Waals surface area contributed by atoms with E-state index in [4.69, 9.17) is 0 Å². The minimum absolute atomic E-state index is 0.662. The first-order chi connectivity index (χ1) is 7.24. The van der Waals surface area contributed by atoms with Crippen LogP contribution >= 0.6 is 11.3 Å². The SMILES string of the molecule is Cc1csc(CS(=O)CC2CCCC2)n1. The van der Waals surface area contributed by atoms with Crippen LogP contribution < -0.4 is 0 Å². The molecule has 0 spiro atoms. The Morgan fingerprint density at radius 1 is 1.53 bits per heavy atom. The van der Waals surface area contributed by atoms with Crippen molar-refractivity contribution in [2.45, 2.75) is 38.4 Å². The van der Waals surface area contributed by atoms with Crippen molar-refractivity contribution in [3.63, 3.8) is 0 Å².